The van der Waals surface area contributed by atoms with Crippen LogP contribution in [0.25, 0.3) is 0 Å². The maximum Gasteiger partial charge on any atom is 0.352 e. The highest BCUT2D eigenvalue weighted by molar-refractivity contribution is 7.56. The summed E-state index contributed by atoms with van der Waals surface area (Å²) in [6.07, 6.45) is 0. The van der Waals surface area contributed by atoms with Gasteiger partial charge in [0.05, 0.1) is 13.2 Å². The second kappa shape index (κ2) is 6.50. The molecule has 0 radical (unpaired) electrons. The highest BCUT2D eigenvalue weighted by Gasteiger charge is 2.35. The summed E-state index contributed by atoms with van der Waals surface area (Å²) < 4.78 is 35.3. The zero-order valence-corrected chi connectivity index (χ0v) is 11.4. The van der Waals surface area contributed by atoms with E-state index in [4.69, 9.17) is 20.6 Å². The van der Waals surface area contributed by atoms with Crippen LogP contribution >= 0.6 is 19.2 Å². The molecule has 1 rings (SSSR count). The topological polar surface area (TPSA) is 35.5 Å². The molecule has 6 heteroatoms. The van der Waals surface area contributed by atoms with E-state index in [2.05, 4.69) is 0 Å². The van der Waals surface area contributed by atoms with Crippen LogP contribution in [0.1, 0.15) is 24.5 Å². The fraction of sp³-hybridized carbons (Fsp3) is 0.455. The number of rotatable bonds is 6. The van der Waals surface area contributed by atoms with Crippen LogP contribution < -0.4 is 0 Å². The van der Waals surface area contributed by atoms with Crippen molar-refractivity contribution in [2.45, 2.75) is 19.0 Å². The van der Waals surface area contributed by atoms with Crippen LogP contribution in [0, 0.1) is 5.82 Å². The first-order valence-electron chi connectivity index (χ1n) is 5.31. The quantitative estimate of drug-likeness (QED) is 0.575. The average Bonchev–Trinajstić information content (AvgIpc) is 2.30. The molecular weight excluding hydrogens is 266 g/mol. The fourth-order valence-electron chi connectivity index (χ4n) is 1.33. The summed E-state index contributed by atoms with van der Waals surface area (Å²) in [4.78, 5) is 0. The molecule has 0 saturated carbocycles. The van der Waals surface area contributed by atoms with E-state index >= 15 is 0 Å². The molecule has 1 unspecified atom stereocenters. The minimum Gasteiger partial charge on any atom is -0.308 e. The molecule has 0 heterocycles. The van der Waals surface area contributed by atoms with Crippen molar-refractivity contribution >= 4 is 19.2 Å². The second-order valence-electron chi connectivity index (χ2n) is 3.26. The molecule has 0 saturated heterocycles. The predicted octanol–water partition coefficient (Wildman–Crippen LogP) is 4.33. The maximum atomic E-state index is 12.8. The Kier molecular flexibility index (Phi) is 5.60. The van der Waals surface area contributed by atoms with E-state index in [1.165, 1.54) is 24.3 Å². The summed E-state index contributed by atoms with van der Waals surface area (Å²) in [6.45, 7) is 3.89. The molecule has 1 atom stereocenters. The molecule has 96 valence electrons. The first kappa shape index (κ1) is 14.7. The van der Waals surface area contributed by atoms with Crippen molar-refractivity contribution in [1.29, 1.82) is 0 Å². The first-order valence-corrected chi connectivity index (χ1v) is 7.36. The lowest BCUT2D eigenvalue weighted by molar-refractivity contribution is 0.218. The van der Waals surface area contributed by atoms with Crippen molar-refractivity contribution in [2.75, 3.05) is 13.2 Å². The van der Waals surface area contributed by atoms with Crippen molar-refractivity contribution in [3.05, 3.63) is 35.6 Å². The SMILES string of the molecule is CCOP(=O)(OCC)C(Cl)c1ccc(F)cc1. The maximum absolute atomic E-state index is 12.8. The van der Waals surface area contributed by atoms with Gasteiger partial charge >= 0.3 is 7.60 Å². The average molecular weight is 281 g/mol. The summed E-state index contributed by atoms with van der Waals surface area (Å²) in [5.41, 5.74) is 0.512. The Balaban J connectivity index is 2.95. The van der Waals surface area contributed by atoms with Gasteiger partial charge in [-0.05, 0) is 31.5 Å². The molecule has 3 nitrogen and oxygen atoms in total. The van der Waals surface area contributed by atoms with Gasteiger partial charge in [-0.2, -0.15) is 0 Å². The van der Waals surface area contributed by atoms with Crippen molar-refractivity contribution in [2.24, 2.45) is 0 Å². The fourth-order valence-corrected chi connectivity index (χ4v) is 3.41. The number of alkyl halides is 1. The molecular formula is C11H15ClFO3P. The highest BCUT2D eigenvalue weighted by Crippen LogP contribution is 2.62. The van der Waals surface area contributed by atoms with Gasteiger partial charge in [-0.1, -0.05) is 12.1 Å². The summed E-state index contributed by atoms with van der Waals surface area (Å²) in [5, 5.41) is -0.928. The van der Waals surface area contributed by atoms with Gasteiger partial charge < -0.3 is 9.05 Å². The van der Waals surface area contributed by atoms with Crippen LogP contribution in [-0.2, 0) is 13.6 Å². The normalized spacial score (nSPS) is 13.6. The number of benzene rings is 1. The molecule has 0 spiro atoms. The number of hydrogen-bond acceptors (Lipinski definition) is 3. The zero-order chi connectivity index (χ0) is 12.9. The summed E-state index contributed by atoms with van der Waals surface area (Å²) in [5.74, 6) is -0.375. The smallest absolute Gasteiger partial charge is 0.308 e. The number of hydrogen-bond donors (Lipinski definition) is 0. The van der Waals surface area contributed by atoms with Crippen LogP contribution in [-0.4, -0.2) is 13.2 Å². The van der Waals surface area contributed by atoms with Crippen molar-refractivity contribution in [3.63, 3.8) is 0 Å². The largest absolute Gasteiger partial charge is 0.352 e. The lowest BCUT2D eigenvalue weighted by atomic mass is 10.2. The van der Waals surface area contributed by atoms with Crippen LogP contribution in [0.2, 0.25) is 0 Å². The molecule has 17 heavy (non-hydrogen) atoms. The Morgan fingerprint density at radius 3 is 2.12 bits per heavy atom. The van der Waals surface area contributed by atoms with Gasteiger partial charge in [0.2, 0.25) is 0 Å². The Bertz CT molecular complexity index is 386. The molecule has 0 aliphatic heterocycles. The molecule has 0 aromatic heterocycles. The van der Waals surface area contributed by atoms with Gasteiger partial charge in [0, 0.05) is 0 Å². The van der Waals surface area contributed by atoms with E-state index < -0.39 is 12.7 Å². The van der Waals surface area contributed by atoms with Crippen molar-refractivity contribution in [3.8, 4) is 0 Å². The van der Waals surface area contributed by atoms with E-state index in [-0.39, 0.29) is 19.0 Å². The predicted molar refractivity (Wildman–Crippen MR) is 65.9 cm³/mol. The van der Waals surface area contributed by atoms with E-state index in [9.17, 15) is 8.96 Å². The van der Waals surface area contributed by atoms with Crippen LogP contribution in [0.5, 0.6) is 0 Å². The third-order valence-electron chi connectivity index (χ3n) is 2.04. The van der Waals surface area contributed by atoms with Crippen LogP contribution in [0.4, 0.5) is 4.39 Å². The molecule has 1 aromatic carbocycles. The Labute approximate surface area is 105 Å². The molecule has 0 aliphatic carbocycles. The van der Waals surface area contributed by atoms with Gasteiger partial charge in [-0.15, -0.1) is 11.6 Å². The van der Waals surface area contributed by atoms with Gasteiger partial charge in [0.25, 0.3) is 0 Å². The summed E-state index contributed by atoms with van der Waals surface area (Å²) >= 11 is 6.09. The minimum absolute atomic E-state index is 0.238. The van der Waals surface area contributed by atoms with Crippen LogP contribution in [0.15, 0.2) is 24.3 Å². The summed E-state index contributed by atoms with van der Waals surface area (Å²) in [7, 11) is -3.40. The van der Waals surface area contributed by atoms with E-state index in [0.717, 1.165) is 0 Å². The molecule has 0 bridgehead atoms. The van der Waals surface area contributed by atoms with Crippen molar-refractivity contribution in [1.82, 2.24) is 0 Å². The lowest BCUT2D eigenvalue weighted by Gasteiger charge is -2.21. The molecule has 0 aliphatic rings. The van der Waals surface area contributed by atoms with Gasteiger partial charge in [-0.25, -0.2) is 4.39 Å². The Morgan fingerprint density at radius 2 is 1.71 bits per heavy atom. The zero-order valence-electron chi connectivity index (χ0n) is 9.73. The third kappa shape index (κ3) is 3.78. The Morgan fingerprint density at radius 1 is 1.24 bits per heavy atom. The molecule has 0 fully saturated rings. The minimum atomic E-state index is -3.40. The van der Waals surface area contributed by atoms with E-state index in [1.807, 2.05) is 0 Å². The molecule has 1 aromatic rings. The van der Waals surface area contributed by atoms with Gasteiger partial charge in [-0.3, -0.25) is 4.57 Å². The van der Waals surface area contributed by atoms with Crippen LogP contribution in [0.3, 0.4) is 0 Å². The summed E-state index contributed by atoms with van der Waals surface area (Å²) in [6, 6.07) is 5.45. The molecule has 0 N–H and O–H groups in total. The second-order valence-corrected chi connectivity index (χ2v) is 6.12. The standard InChI is InChI=1S/C11H15ClFO3P/c1-3-15-17(14,16-4-2)11(12)9-5-7-10(13)8-6-9/h5-8,11H,3-4H2,1-2H3. The number of halogens is 2. The monoisotopic (exact) mass is 280 g/mol. The van der Waals surface area contributed by atoms with E-state index in [0.29, 0.717) is 5.56 Å². The first-order chi connectivity index (χ1) is 8.03. The van der Waals surface area contributed by atoms with Gasteiger partial charge in [0.15, 0.2) is 5.12 Å². The van der Waals surface area contributed by atoms with Gasteiger partial charge in [0.1, 0.15) is 5.82 Å². The lowest BCUT2D eigenvalue weighted by Crippen LogP contribution is -2.02. The molecule has 0 amide bonds. The third-order valence-corrected chi connectivity index (χ3v) is 5.10. The Hall–Kier alpha value is -0.410. The van der Waals surface area contributed by atoms with E-state index in [1.54, 1.807) is 13.8 Å². The van der Waals surface area contributed by atoms with Crippen molar-refractivity contribution < 1.29 is 18.0 Å². The highest BCUT2D eigenvalue weighted by atomic mass is 35.5.